The molecular formula is C20H13F3N4O2. The first kappa shape index (κ1) is 18.5. The topological polar surface area (TPSA) is 72.9 Å². The zero-order valence-corrected chi connectivity index (χ0v) is 14.7. The van der Waals surface area contributed by atoms with E-state index in [0.29, 0.717) is 11.3 Å². The second-order valence-electron chi connectivity index (χ2n) is 6.18. The van der Waals surface area contributed by atoms with E-state index in [2.05, 4.69) is 10.1 Å². The van der Waals surface area contributed by atoms with Gasteiger partial charge in [-0.2, -0.15) is 18.3 Å². The lowest BCUT2D eigenvalue weighted by Crippen LogP contribution is -2.13. The van der Waals surface area contributed by atoms with Crippen LogP contribution in [0.2, 0.25) is 0 Å². The van der Waals surface area contributed by atoms with Crippen molar-refractivity contribution in [1.82, 2.24) is 19.3 Å². The van der Waals surface area contributed by atoms with Gasteiger partial charge in [0, 0.05) is 35.9 Å². The number of hydrogen-bond donors (Lipinski definition) is 1. The van der Waals surface area contributed by atoms with Gasteiger partial charge in [0.1, 0.15) is 5.69 Å². The van der Waals surface area contributed by atoms with Crippen LogP contribution in [0.4, 0.5) is 13.2 Å². The van der Waals surface area contributed by atoms with E-state index in [1.54, 1.807) is 24.3 Å². The van der Waals surface area contributed by atoms with Gasteiger partial charge in [-0.1, -0.05) is 0 Å². The molecule has 0 aliphatic heterocycles. The predicted molar refractivity (Wildman–Crippen MR) is 99.1 cm³/mol. The first-order valence-electron chi connectivity index (χ1n) is 8.43. The van der Waals surface area contributed by atoms with Gasteiger partial charge < -0.3 is 9.67 Å². The Balaban J connectivity index is 1.77. The zero-order chi connectivity index (χ0) is 20.6. The average molecular weight is 398 g/mol. The summed E-state index contributed by atoms with van der Waals surface area (Å²) in [5.41, 5.74) is -0.0482. The molecule has 0 unspecified atom stereocenters. The summed E-state index contributed by atoms with van der Waals surface area (Å²) in [5, 5.41) is 13.7. The van der Waals surface area contributed by atoms with E-state index in [9.17, 15) is 23.1 Å². The van der Waals surface area contributed by atoms with Crippen LogP contribution in [0.3, 0.4) is 0 Å². The second kappa shape index (κ2) is 6.93. The van der Waals surface area contributed by atoms with Crippen LogP contribution in [-0.2, 0) is 6.18 Å². The number of pyridine rings is 2. The molecule has 9 heteroatoms. The second-order valence-corrected chi connectivity index (χ2v) is 6.18. The maximum Gasteiger partial charge on any atom is 0.433 e. The minimum Gasteiger partial charge on any atom is -0.503 e. The predicted octanol–water partition coefficient (Wildman–Crippen LogP) is 3.81. The number of nitrogens with zero attached hydrogens (tertiary/aromatic N) is 4. The van der Waals surface area contributed by atoms with Crippen molar-refractivity contribution < 1.29 is 18.3 Å². The van der Waals surface area contributed by atoms with Crippen LogP contribution in [-0.4, -0.2) is 24.4 Å². The fourth-order valence-corrected chi connectivity index (χ4v) is 2.83. The molecule has 4 rings (SSSR count). The summed E-state index contributed by atoms with van der Waals surface area (Å²) in [6.45, 7) is 0. The molecular weight excluding hydrogens is 385 g/mol. The van der Waals surface area contributed by atoms with E-state index < -0.39 is 23.0 Å². The van der Waals surface area contributed by atoms with E-state index >= 15 is 0 Å². The first-order valence-corrected chi connectivity index (χ1v) is 8.43. The smallest absolute Gasteiger partial charge is 0.433 e. The Morgan fingerprint density at radius 1 is 1.00 bits per heavy atom. The van der Waals surface area contributed by atoms with Crippen LogP contribution in [0.25, 0.3) is 22.6 Å². The third-order valence-corrected chi connectivity index (χ3v) is 4.25. The summed E-state index contributed by atoms with van der Waals surface area (Å²) in [6.07, 6.45) is 1.05. The van der Waals surface area contributed by atoms with Crippen LogP contribution in [0.5, 0.6) is 5.75 Å². The van der Waals surface area contributed by atoms with Gasteiger partial charge in [-0.3, -0.25) is 9.78 Å². The van der Waals surface area contributed by atoms with Crippen LogP contribution in [0, 0.1) is 0 Å². The fourth-order valence-electron chi connectivity index (χ4n) is 2.83. The largest absolute Gasteiger partial charge is 0.503 e. The zero-order valence-electron chi connectivity index (χ0n) is 14.7. The van der Waals surface area contributed by atoms with Crippen molar-refractivity contribution in [2.45, 2.75) is 6.18 Å². The summed E-state index contributed by atoms with van der Waals surface area (Å²) in [4.78, 5) is 15.2. The maximum absolute atomic E-state index is 13.6. The monoisotopic (exact) mass is 398 g/mol. The Bertz CT molecular complexity index is 1210. The molecule has 146 valence electrons. The van der Waals surface area contributed by atoms with Crippen LogP contribution in [0.1, 0.15) is 5.69 Å². The van der Waals surface area contributed by atoms with E-state index in [-0.39, 0.29) is 11.4 Å². The Kier molecular flexibility index (Phi) is 4.42. The summed E-state index contributed by atoms with van der Waals surface area (Å²) in [6, 6.07) is 11.5. The molecule has 0 amide bonds. The molecule has 3 aromatic heterocycles. The molecule has 0 saturated heterocycles. The summed E-state index contributed by atoms with van der Waals surface area (Å²) in [7, 11) is 0. The lowest BCUT2D eigenvalue weighted by molar-refractivity contribution is -0.142. The standard InChI is InChI=1S/C20H13F3N4O2/c21-20(22,23)19-10-16(13-2-1-8-24-11-13)25-27(19)15-5-3-14(4-6-15)26-9-7-17(28)18(29)12-26/h1-12,29H. The third-order valence-electron chi connectivity index (χ3n) is 4.25. The number of rotatable bonds is 3. The van der Waals surface area contributed by atoms with Crippen molar-refractivity contribution in [2.75, 3.05) is 0 Å². The Morgan fingerprint density at radius 3 is 2.34 bits per heavy atom. The van der Waals surface area contributed by atoms with Crippen LogP contribution < -0.4 is 5.43 Å². The van der Waals surface area contributed by atoms with Crippen molar-refractivity contribution in [3.63, 3.8) is 0 Å². The highest BCUT2D eigenvalue weighted by molar-refractivity contribution is 5.59. The van der Waals surface area contributed by atoms with Gasteiger partial charge in [0.05, 0.1) is 17.6 Å². The van der Waals surface area contributed by atoms with Gasteiger partial charge in [-0.25, -0.2) is 4.68 Å². The molecule has 4 aromatic rings. The number of aromatic hydroxyl groups is 1. The lowest BCUT2D eigenvalue weighted by Gasteiger charge is -2.11. The molecule has 0 radical (unpaired) electrons. The highest BCUT2D eigenvalue weighted by Gasteiger charge is 2.36. The quantitative estimate of drug-likeness (QED) is 0.570. The molecule has 0 aliphatic rings. The molecule has 29 heavy (non-hydrogen) atoms. The summed E-state index contributed by atoms with van der Waals surface area (Å²) >= 11 is 0. The minimum atomic E-state index is -4.60. The van der Waals surface area contributed by atoms with E-state index in [4.69, 9.17) is 0 Å². The molecule has 3 heterocycles. The number of halogens is 3. The normalized spacial score (nSPS) is 11.6. The molecule has 0 fully saturated rings. The van der Waals surface area contributed by atoms with Gasteiger partial charge in [0.15, 0.2) is 5.75 Å². The fraction of sp³-hybridized carbons (Fsp3) is 0.0500. The number of alkyl halides is 3. The van der Waals surface area contributed by atoms with Gasteiger partial charge in [-0.05, 0) is 42.5 Å². The maximum atomic E-state index is 13.6. The number of aromatic nitrogens is 4. The van der Waals surface area contributed by atoms with E-state index in [1.165, 1.54) is 47.6 Å². The van der Waals surface area contributed by atoms with E-state index in [0.717, 1.165) is 10.7 Å². The molecule has 0 aliphatic carbocycles. The summed E-state index contributed by atoms with van der Waals surface area (Å²) in [5.74, 6) is -0.427. The molecule has 1 N–H and O–H groups in total. The molecule has 0 bridgehead atoms. The van der Waals surface area contributed by atoms with Gasteiger partial charge >= 0.3 is 6.18 Å². The lowest BCUT2D eigenvalue weighted by atomic mass is 10.2. The molecule has 0 saturated carbocycles. The van der Waals surface area contributed by atoms with Gasteiger partial charge in [-0.15, -0.1) is 0 Å². The Morgan fingerprint density at radius 2 is 1.72 bits per heavy atom. The minimum absolute atomic E-state index is 0.153. The number of hydrogen-bond acceptors (Lipinski definition) is 4. The van der Waals surface area contributed by atoms with Crippen molar-refractivity contribution >= 4 is 0 Å². The Labute approximate surface area is 162 Å². The highest BCUT2D eigenvalue weighted by Crippen LogP contribution is 2.34. The van der Waals surface area contributed by atoms with E-state index in [1.807, 2.05) is 0 Å². The van der Waals surface area contributed by atoms with Crippen molar-refractivity contribution in [3.8, 4) is 28.4 Å². The van der Waals surface area contributed by atoms with Gasteiger partial charge in [0.25, 0.3) is 0 Å². The van der Waals surface area contributed by atoms with Crippen LogP contribution in [0.15, 0.2) is 78.1 Å². The molecule has 1 aromatic carbocycles. The Hall–Kier alpha value is -3.88. The summed E-state index contributed by atoms with van der Waals surface area (Å²) < 4.78 is 43.0. The van der Waals surface area contributed by atoms with Crippen molar-refractivity contribution in [3.05, 3.63) is 89.2 Å². The number of benzene rings is 1. The highest BCUT2D eigenvalue weighted by atomic mass is 19.4. The average Bonchev–Trinajstić information content (AvgIpc) is 3.17. The van der Waals surface area contributed by atoms with Gasteiger partial charge in [0.2, 0.25) is 5.43 Å². The first-order chi connectivity index (χ1) is 13.8. The molecule has 0 spiro atoms. The SMILES string of the molecule is O=c1ccn(-c2ccc(-n3nc(-c4cccnc4)cc3C(F)(F)F)cc2)cc1O. The molecule has 0 atom stereocenters. The third kappa shape index (κ3) is 3.62. The van der Waals surface area contributed by atoms with Crippen molar-refractivity contribution in [2.24, 2.45) is 0 Å². The molecule has 6 nitrogen and oxygen atoms in total. The van der Waals surface area contributed by atoms with Crippen molar-refractivity contribution in [1.29, 1.82) is 0 Å². The van der Waals surface area contributed by atoms with Crippen LogP contribution >= 0.6 is 0 Å².